The van der Waals surface area contributed by atoms with E-state index in [0.717, 1.165) is 6.07 Å². The zero-order chi connectivity index (χ0) is 14.9. The molecule has 9 heteroatoms. The van der Waals surface area contributed by atoms with E-state index in [9.17, 15) is 19.3 Å². The average molecular weight is 297 g/mol. The summed E-state index contributed by atoms with van der Waals surface area (Å²) in [7, 11) is 0. The summed E-state index contributed by atoms with van der Waals surface area (Å²) in [4.78, 5) is 25.0. The van der Waals surface area contributed by atoms with Gasteiger partial charge in [0.1, 0.15) is 17.1 Å². The summed E-state index contributed by atoms with van der Waals surface area (Å²) < 4.78 is 13.6. The van der Waals surface area contributed by atoms with Crippen LogP contribution in [0, 0.1) is 22.9 Å². The number of anilines is 2. The first-order valence-corrected chi connectivity index (χ1v) is 6.17. The Morgan fingerprint density at radius 1 is 1.55 bits per heavy atom. The maximum absolute atomic E-state index is 13.6. The summed E-state index contributed by atoms with van der Waals surface area (Å²) in [5.41, 5.74) is -0.719. The molecule has 0 unspecified atom stereocenters. The molecule has 0 atom stereocenters. The molecule has 0 radical (unpaired) electrons. The normalized spacial score (nSPS) is 10.3. The molecular weight excluding hydrogens is 289 g/mol. The van der Waals surface area contributed by atoms with E-state index in [-0.39, 0.29) is 5.69 Å². The Morgan fingerprint density at radius 2 is 2.25 bits per heavy atom. The van der Waals surface area contributed by atoms with Crippen LogP contribution in [-0.2, 0) is 0 Å². The van der Waals surface area contributed by atoms with Crippen LogP contribution in [0.4, 0.5) is 20.9 Å². The lowest BCUT2D eigenvalue weighted by Gasteiger charge is -2.06. The zero-order valence-corrected chi connectivity index (χ0v) is 10.9. The Labute approximate surface area is 115 Å². The van der Waals surface area contributed by atoms with Gasteiger partial charge in [-0.2, -0.15) is 0 Å². The van der Waals surface area contributed by atoms with Gasteiger partial charge in [0.15, 0.2) is 5.13 Å². The molecule has 0 bridgehead atoms. The van der Waals surface area contributed by atoms with Crippen LogP contribution < -0.4 is 5.32 Å². The molecule has 104 valence electrons. The van der Waals surface area contributed by atoms with Gasteiger partial charge in [0.05, 0.1) is 10.6 Å². The van der Waals surface area contributed by atoms with Gasteiger partial charge in [-0.15, -0.1) is 11.3 Å². The largest absolute Gasteiger partial charge is 0.478 e. The number of benzene rings is 1. The summed E-state index contributed by atoms with van der Waals surface area (Å²) in [5.74, 6) is -2.62. The fraction of sp³-hybridized carbons (Fsp3) is 0.0909. The number of rotatable bonds is 4. The van der Waals surface area contributed by atoms with Crippen LogP contribution in [0.5, 0.6) is 0 Å². The Kier molecular flexibility index (Phi) is 3.61. The lowest BCUT2D eigenvalue weighted by atomic mass is 10.1. The van der Waals surface area contributed by atoms with Gasteiger partial charge < -0.3 is 10.4 Å². The van der Waals surface area contributed by atoms with Crippen LogP contribution in [0.2, 0.25) is 0 Å². The fourth-order valence-electron chi connectivity index (χ4n) is 1.50. The minimum atomic E-state index is -1.57. The maximum Gasteiger partial charge on any atom is 0.338 e. The first kappa shape index (κ1) is 13.9. The predicted octanol–water partition coefficient (Wildman–Crippen LogP) is 2.94. The van der Waals surface area contributed by atoms with Crippen molar-refractivity contribution in [3.8, 4) is 0 Å². The van der Waals surface area contributed by atoms with Crippen LogP contribution in [0.25, 0.3) is 0 Å². The highest BCUT2D eigenvalue weighted by atomic mass is 32.1. The monoisotopic (exact) mass is 297 g/mol. The minimum Gasteiger partial charge on any atom is -0.478 e. The quantitative estimate of drug-likeness (QED) is 0.664. The predicted molar refractivity (Wildman–Crippen MR) is 70.1 cm³/mol. The molecule has 0 saturated carbocycles. The Balaban J connectivity index is 2.48. The summed E-state index contributed by atoms with van der Waals surface area (Å²) in [5, 5.41) is 24.4. The topological polar surface area (TPSA) is 105 Å². The van der Waals surface area contributed by atoms with E-state index in [4.69, 9.17) is 5.11 Å². The molecule has 0 amide bonds. The van der Waals surface area contributed by atoms with Crippen LogP contribution in [0.3, 0.4) is 0 Å². The number of carbonyl (C=O) groups is 1. The maximum atomic E-state index is 13.6. The molecule has 1 heterocycles. The van der Waals surface area contributed by atoms with E-state index in [1.54, 1.807) is 12.3 Å². The summed E-state index contributed by atoms with van der Waals surface area (Å²) in [6.07, 6.45) is 0. The van der Waals surface area contributed by atoms with Crippen molar-refractivity contribution in [2.75, 3.05) is 5.32 Å². The highest BCUT2D eigenvalue weighted by molar-refractivity contribution is 7.13. The molecular formula is C11H8FN3O4S. The molecule has 1 aromatic heterocycles. The van der Waals surface area contributed by atoms with Gasteiger partial charge in [-0.1, -0.05) is 0 Å². The number of aryl methyl sites for hydroxylation is 1. The third-order valence-corrected chi connectivity index (χ3v) is 3.25. The van der Waals surface area contributed by atoms with E-state index in [0.29, 0.717) is 16.9 Å². The molecule has 2 aromatic rings. The second-order valence-electron chi connectivity index (χ2n) is 3.83. The average Bonchev–Trinajstić information content (AvgIpc) is 2.74. The number of aromatic nitrogens is 1. The lowest BCUT2D eigenvalue weighted by molar-refractivity contribution is -0.384. The van der Waals surface area contributed by atoms with Crippen LogP contribution in [0.15, 0.2) is 17.5 Å². The number of nitrogens with one attached hydrogen (secondary N) is 1. The van der Waals surface area contributed by atoms with Gasteiger partial charge in [-0.05, 0) is 6.92 Å². The first-order valence-electron chi connectivity index (χ1n) is 5.29. The minimum absolute atomic E-state index is 0.146. The van der Waals surface area contributed by atoms with Crippen LogP contribution in [-0.4, -0.2) is 21.0 Å². The van der Waals surface area contributed by atoms with E-state index in [1.165, 1.54) is 11.3 Å². The van der Waals surface area contributed by atoms with E-state index < -0.39 is 28.0 Å². The molecule has 0 aliphatic rings. The smallest absolute Gasteiger partial charge is 0.338 e. The molecule has 0 saturated heterocycles. The van der Waals surface area contributed by atoms with Crippen molar-refractivity contribution in [2.45, 2.75) is 6.92 Å². The molecule has 2 rings (SSSR count). The van der Waals surface area contributed by atoms with Gasteiger partial charge in [-0.3, -0.25) is 10.1 Å². The number of hydrogen-bond acceptors (Lipinski definition) is 6. The van der Waals surface area contributed by atoms with Crippen molar-refractivity contribution in [2.24, 2.45) is 0 Å². The standard InChI is InChI=1S/C11H8FN3O4S/c1-5-4-20-11(13-5)14-8-3-7(12)6(10(16)17)2-9(8)15(18)19/h2-4H,1H3,(H,13,14)(H,16,17). The van der Waals surface area contributed by atoms with Crippen molar-refractivity contribution in [1.82, 2.24) is 4.98 Å². The number of carboxylic acid groups (broad SMARTS) is 1. The van der Waals surface area contributed by atoms with Gasteiger partial charge in [0, 0.05) is 17.5 Å². The summed E-state index contributed by atoms with van der Waals surface area (Å²) in [6, 6.07) is 1.46. The molecule has 0 aliphatic heterocycles. The third kappa shape index (κ3) is 2.72. The number of nitrogens with zero attached hydrogens (tertiary/aromatic N) is 2. The number of aromatic carboxylic acids is 1. The molecule has 0 aliphatic carbocycles. The SMILES string of the molecule is Cc1csc(Nc2cc(F)c(C(=O)O)cc2[N+](=O)[O-])n1. The summed E-state index contributed by atoms with van der Waals surface area (Å²) in [6.45, 7) is 1.74. The van der Waals surface area contributed by atoms with E-state index >= 15 is 0 Å². The lowest BCUT2D eigenvalue weighted by Crippen LogP contribution is -2.05. The second-order valence-corrected chi connectivity index (χ2v) is 4.69. The molecule has 0 spiro atoms. The number of halogens is 1. The number of thiazole rings is 1. The molecule has 1 aromatic carbocycles. The number of nitro benzene ring substituents is 1. The van der Waals surface area contributed by atoms with Crippen molar-refractivity contribution >= 4 is 33.8 Å². The van der Waals surface area contributed by atoms with Crippen molar-refractivity contribution in [3.05, 3.63) is 44.7 Å². The third-order valence-electron chi connectivity index (χ3n) is 2.37. The molecule has 0 fully saturated rings. The van der Waals surface area contributed by atoms with Gasteiger partial charge in [0.25, 0.3) is 5.69 Å². The fourth-order valence-corrected chi connectivity index (χ4v) is 2.20. The number of carboxylic acids is 1. The van der Waals surface area contributed by atoms with E-state index in [2.05, 4.69) is 10.3 Å². The number of nitro groups is 1. The van der Waals surface area contributed by atoms with Crippen molar-refractivity contribution < 1.29 is 19.2 Å². The number of hydrogen-bond donors (Lipinski definition) is 2. The van der Waals surface area contributed by atoms with Gasteiger partial charge in [-0.25, -0.2) is 14.2 Å². The molecule has 2 N–H and O–H groups in total. The second kappa shape index (κ2) is 5.21. The zero-order valence-electron chi connectivity index (χ0n) is 10.1. The highest BCUT2D eigenvalue weighted by Gasteiger charge is 2.22. The molecule has 20 heavy (non-hydrogen) atoms. The Bertz CT molecular complexity index is 701. The van der Waals surface area contributed by atoms with Crippen molar-refractivity contribution in [3.63, 3.8) is 0 Å². The van der Waals surface area contributed by atoms with Gasteiger partial charge in [0.2, 0.25) is 0 Å². The Hall–Kier alpha value is -2.55. The highest BCUT2D eigenvalue weighted by Crippen LogP contribution is 2.31. The Morgan fingerprint density at radius 3 is 2.75 bits per heavy atom. The van der Waals surface area contributed by atoms with Crippen LogP contribution in [0.1, 0.15) is 16.1 Å². The van der Waals surface area contributed by atoms with E-state index in [1.807, 2.05) is 0 Å². The van der Waals surface area contributed by atoms with Gasteiger partial charge >= 0.3 is 5.97 Å². The molecule has 7 nitrogen and oxygen atoms in total. The first-order chi connectivity index (χ1) is 9.38. The van der Waals surface area contributed by atoms with Crippen molar-refractivity contribution in [1.29, 1.82) is 0 Å². The van der Waals surface area contributed by atoms with Crippen LogP contribution >= 0.6 is 11.3 Å². The summed E-state index contributed by atoms with van der Waals surface area (Å²) >= 11 is 1.20.